The van der Waals surface area contributed by atoms with Gasteiger partial charge >= 0.3 is 5.69 Å². The van der Waals surface area contributed by atoms with Gasteiger partial charge in [0, 0.05) is 19.1 Å². The second-order valence-corrected chi connectivity index (χ2v) is 5.68. The van der Waals surface area contributed by atoms with Gasteiger partial charge in [0.2, 0.25) is 0 Å². The number of aromatic nitrogens is 2. The molecule has 0 bridgehead atoms. The van der Waals surface area contributed by atoms with E-state index in [1.165, 1.54) is 34.9 Å². The highest BCUT2D eigenvalue weighted by Crippen LogP contribution is 2.34. The number of hydrogen-bond donors (Lipinski definition) is 1. The fraction of sp³-hybridized carbons (Fsp3) is 0.125. The Bertz CT molecular complexity index is 952. The molecule has 0 fully saturated rings. The molecule has 3 aromatic rings. The number of rotatable bonds is 2. The summed E-state index contributed by atoms with van der Waals surface area (Å²) in [7, 11) is 3.44. The van der Waals surface area contributed by atoms with E-state index >= 15 is 0 Å². The normalized spacial score (nSPS) is 11.0. The second-order valence-electron chi connectivity index (χ2n) is 5.24. The first kappa shape index (κ1) is 15.3. The van der Waals surface area contributed by atoms with E-state index in [2.05, 4.69) is 4.98 Å². The zero-order valence-corrected chi connectivity index (χ0v) is 13.2. The number of nitrogens with zero attached hydrogens (tertiary/aromatic N) is 3. The number of halogens is 2. The van der Waals surface area contributed by atoms with Crippen molar-refractivity contribution in [3.63, 3.8) is 0 Å². The highest BCUT2D eigenvalue weighted by atomic mass is 35.5. The Kier molecular flexibility index (Phi) is 3.69. The minimum Gasteiger partial charge on any atom is -0.507 e. The van der Waals surface area contributed by atoms with Gasteiger partial charge in [0.15, 0.2) is 0 Å². The average molecular weight is 334 g/mol. The van der Waals surface area contributed by atoms with Crippen LogP contribution in [0.3, 0.4) is 0 Å². The van der Waals surface area contributed by atoms with E-state index in [1.54, 1.807) is 25.1 Å². The van der Waals surface area contributed by atoms with Crippen LogP contribution >= 0.6 is 11.6 Å². The molecule has 0 aliphatic rings. The average Bonchev–Trinajstić information content (AvgIpc) is 2.47. The van der Waals surface area contributed by atoms with Crippen LogP contribution in [-0.2, 0) is 0 Å². The number of phenols is 1. The van der Waals surface area contributed by atoms with E-state index < -0.39 is 11.5 Å². The molecule has 1 aromatic heterocycles. The zero-order chi connectivity index (χ0) is 16.7. The number of benzene rings is 2. The largest absolute Gasteiger partial charge is 0.507 e. The molecule has 0 aliphatic carbocycles. The minimum atomic E-state index is -0.547. The van der Waals surface area contributed by atoms with Gasteiger partial charge in [-0.3, -0.25) is 4.57 Å². The second kappa shape index (κ2) is 5.55. The van der Waals surface area contributed by atoms with Gasteiger partial charge in [-0.25, -0.2) is 9.18 Å². The highest BCUT2D eigenvalue weighted by Gasteiger charge is 2.17. The third-order valence-electron chi connectivity index (χ3n) is 3.43. The lowest BCUT2D eigenvalue weighted by atomic mass is 10.2. The Balaban J connectivity index is 2.48. The van der Waals surface area contributed by atoms with Crippen molar-refractivity contribution in [2.45, 2.75) is 0 Å². The number of anilines is 1. The summed E-state index contributed by atoms with van der Waals surface area (Å²) in [6, 6.07) is 8.38. The van der Waals surface area contributed by atoms with Crippen LogP contribution in [0.5, 0.6) is 5.75 Å². The van der Waals surface area contributed by atoms with E-state index in [9.17, 15) is 14.3 Å². The molecular formula is C16H13ClFN3O2. The number of phenolic OH excluding ortho intramolecular Hbond substituents is 1. The highest BCUT2D eigenvalue weighted by molar-refractivity contribution is 6.31. The smallest absolute Gasteiger partial charge is 0.354 e. The topological polar surface area (TPSA) is 58.4 Å². The first-order valence-electron chi connectivity index (χ1n) is 6.77. The molecular weight excluding hydrogens is 321 g/mol. The van der Waals surface area contributed by atoms with E-state index in [1.807, 2.05) is 0 Å². The van der Waals surface area contributed by atoms with Gasteiger partial charge in [0.25, 0.3) is 0 Å². The summed E-state index contributed by atoms with van der Waals surface area (Å²) in [6.07, 6.45) is 0. The van der Waals surface area contributed by atoms with Crippen molar-refractivity contribution >= 4 is 28.3 Å². The molecule has 0 atom stereocenters. The molecule has 3 rings (SSSR count). The van der Waals surface area contributed by atoms with Gasteiger partial charge < -0.3 is 10.0 Å². The van der Waals surface area contributed by atoms with Crippen LogP contribution in [0.25, 0.3) is 16.6 Å². The quantitative estimate of drug-likeness (QED) is 0.783. The SMILES string of the molecule is CN(C)c1nc(=O)n(-c2ccc(F)cc2)c2cc(Cl)cc(O)c12. The summed E-state index contributed by atoms with van der Waals surface area (Å²) in [5, 5.41) is 10.9. The first-order chi connectivity index (χ1) is 10.9. The maximum atomic E-state index is 13.1. The summed E-state index contributed by atoms with van der Waals surface area (Å²) in [4.78, 5) is 18.1. The maximum Gasteiger partial charge on any atom is 0.354 e. The Morgan fingerprint density at radius 2 is 1.87 bits per heavy atom. The van der Waals surface area contributed by atoms with Gasteiger partial charge in [0.1, 0.15) is 17.4 Å². The van der Waals surface area contributed by atoms with Crippen LogP contribution in [0.15, 0.2) is 41.2 Å². The van der Waals surface area contributed by atoms with Crippen molar-refractivity contribution in [2.75, 3.05) is 19.0 Å². The predicted molar refractivity (Wildman–Crippen MR) is 88.3 cm³/mol. The summed E-state index contributed by atoms with van der Waals surface area (Å²) in [6.45, 7) is 0. The van der Waals surface area contributed by atoms with E-state index in [-0.39, 0.29) is 10.8 Å². The molecule has 23 heavy (non-hydrogen) atoms. The number of hydrogen-bond acceptors (Lipinski definition) is 4. The lowest BCUT2D eigenvalue weighted by molar-refractivity contribution is 0.481. The van der Waals surface area contributed by atoms with E-state index in [0.29, 0.717) is 22.4 Å². The molecule has 118 valence electrons. The molecule has 0 spiro atoms. The third-order valence-corrected chi connectivity index (χ3v) is 3.65. The fourth-order valence-electron chi connectivity index (χ4n) is 2.45. The summed E-state index contributed by atoms with van der Waals surface area (Å²) in [5.74, 6) is -0.165. The minimum absolute atomic E-state index is 0.0837. The summed E-state index contributed by atoms with van der Waals surface area (Å²) >= 11 is 6.02. The standard InChI is InChI=1S/C16H13ClFN3O2/c1-20(2)15-14-12(7-9(17)8-13(14)22)21(16(23)19-15)11-5-3-10(18)4-6-11/h3-8,22H,1-2H3. The van der Waals surface area contributed by atoms with Gasteiger partial charge in [-0.2, -0.15) is 4.98 Å². The Hall–Kier alpha value is -2.60. The Morgan fingerprint density at radius 3 is 2.48 bits per heavy atom. The van der Waals surface area contributed by atoms with Crippen molar-refractivity contribution in [1.29, 1.82) is 0 Å². The van der Waals surface area contributed by atoms with Gasteiger partial charge in [-0.15, -0.1) is 0 Å². The molecule has 0 unspecified atom stereocenters. The van der Waals surface area contributed by atoms with Crippen LogP contribution in [0.2, 0.25) is 5.02 Å². The third kappa shape index (κ3) is 2.61. The lowest BCUT2D eigenvalue weighted by Crippen LogP contribution is -2.25. The van der Waals surface area contributed by atoms with Crippen molar-refractivity contribution in [2.24, 2.45) is 0 Å². The molecule has 0 amide bonds. The van der Waals surface area contributed by atoms with Crippen LogP contribution < -0.4 is 10.6 Å². The van der Waals surface area contributed by atoms with Crippen molar-refractivity contribution < 1.29 is 9.50 Å². The first-order valence-corrected chi connectivity index (χ1v) is 7.15. The number of aromatic hydroxyl groups is 1. The molecule has 0 radical (unpaired) electrons. The van der Waals surface area contributed by atoms with Gasteiger partial charge in [0.05, 0.1) is 16.6 Å². The molecule has 1 heterocycles. The molecule has 1 N–H and O–H groups in total. The van der Waals surface area contributed by atoms with Crippen LogP contribution in [0, 0.1) is 5.82 Å². The lowest BCUT2D eigenvalue weighted by Gasteiger charge is -2.18. The zero-order valence-electron chi connectivity index (χ0n) is 12.4. The Morgan fingerprint density at radius 1 is 1.22 bits per heavy atom. The summed E-state index contributed by atoms with van der Waals surface area (Å²) < 4.78 is 14.4. The van der Waals surface area contributed by atoms with Crippen LogP contribution in [0.4, 0.5) is 10.2 Å². The van der Waals surface area contributed by atoms with Crippen LogP contribution in [0.1, 0.15) is 0 Å². The molecule has 0 saturated heterocycles. The van der Waals surface area contributed by atoms with E-state index in [0.717, 1.165) is 0 Å². The Labute approximate surface area is 136 Å². The molecule has 0 aliphatic heterocycles. The number of fused-ring (bicyclic) bond motifs is 1. The van der Waals surface area contributed by atoms with E-state index in [4.69, 9.17) is 11.6 Å². The maximum absolute atomic E-state index is 13.1. The molecule has 7 heteroatoms. The van der Waals surface area contributed by atoms with Gasteiger partial charge in [-0.1, -0.05) is 11.6 Å². The van der Waals surface area contributed by atoms with Crippen LogP contribution in [-0.4, -0.2) is 28.8 Å². The fourth-order valence-corrected chi connectivity index (χ4v) is 2.65. The van der Waals surface area contributed by atoms with Crippen molar-refractivity contribution in [3.8, 4) is 11.4 Å². The molecule has 5 nitrogen and oxygen atoms in total. The molecule has 2 aromatic carbocycles. The van der Waals surface area contributed by atoms with Crippen molar-refractivity contribution in [3.05, 3.63) is 57.7 Å². The monoisotopic (exact) mass is 333 g/mol. The molecule has 0 saturated carbocycles. The summed E-state index contributed by atoms with van der Waals surface area (Å²) in [5.41, 5.74) is 0.278. The predicted octanol–water partition coefficient (Wildman–Crippen LogP) is 2.95. The van der Waals surface area contributed by atoms with Crippen molar-refractivity contribution in [1.82, 2.24) is 9.55 Å². The van der Waals surface area contributed by atoms with Gasteiger partial charge in [-0.05, 0) is 36.4 Å².